The second-order valence-corrected chi connectivity index (χ2v) is 5.65. The molecule has 25 heavy (non-hydrogen) atoms. The van der Waals surface area contributed by atoms with Gasteiger partial charge in [0, 0.05) is 17.7 Å². The number of hydrogen-bond acceptors (Lipinski definition) is 4. The number of nitrogens with zero attached hydrogens (tertiary/aromatic N) is 1. The normalized spacial score (nSPS) is 10.8. The van der Waals surface area contributed by atoms with Gasteiger partial charge in [0.1, 0.15) is 5.76 Å². The number of amides is 2. The minimum absolute atomic E-state index is 0.00338. The van der Waals surface area contributed by atoms with E-state index in [0.29, 0.717) is 23.4 Å². The molecule has 0 aliphatic heterocycles. The molecule has 6 heteroatoms. The average molecular weight is 341 g/mol. The molecule has 2 aromatic rings. The summed E-state index contributed by atoms with van der Waals surface area (Å²) >= 11 is 0. The van der Waals surface area contributed by atoms with Crippen molar-refractivity contribution in [1.29, 1.82) is 0 Å². The lowest BCUT2D eigenvalue weighted by atomic mass is 10.1. The van der Waals surface area contributed by atoms with E-state index in [-0.39, 0.29) is 11.8 Å². The summed E-state index contributed by atoms with van der Waals surface area (Å²) in [6.07, 6.45) is 7.74. The number of benzene rings is 1. The Bertz CT molecular complexity index is 691. The number of nitrogens with one attached hydrogen (secondary N) is 2. The topological polar surface area (TPSA) is 83.7 Å². The number of rotatable bonds is 9. The predicted octanol–water partition coefficient (Wildman–Crippen LogP) is 3.95. The molecule has 0 atom stereocenters. The second-order valence-electron chi connectivity index (χ2n) is 5.65. The second kappa shape index (κ2) is 10.1. The number of furan rings is 1. The lowest BCUT2D eigenvalue weighted by Crippen LogP contribution is -2.17. The van der Waals surface area contributed by atoms with Crippen LogP contribution in [-0.4, -0.2) is 18.0 Å². The Labute approximate surface area is 147 Å². The van der Waals surface area contributed by atoms with Crippen LogP contribution >= 0.6 is 0 Å². The Morgan fingerprint density at radius 3 is 2.60 bits per heavy atom. The summed E-state index contributed by atoms with van der Waals surface area (Å²) in [6.45, 7) is 2.14. The number of hydrazone groups is 1. The quantitative estimate of drug-likeness (QED) is 0.411. The first-order valence-corrected chi connectivity index (χ1v) is 8.46. The Kier molecular flexibility index (Phi) is 7.43. The van der Waals surface area contributed by atoms with Gasteiger partial charge in [-0.2, -0.15) is 5.10 Å². The van der Waals surface area contributed by atoms with Gasteiger partial charge >= 0.3 is 0 Å². The molecule has 6 nitrogen and oxygen atoms in total. The van der Waals surface area contributed by atoms with Crippen LogP contribution in [0.5, 0.6) is 0 Å². The van der Waals surface area contributed by atoms with Gasteiger partial charge in [0.15, 0.2) is 0 Å². The van der Waals surface area contributed by atoms with Gasteiger partial charge in [-0.25, -0.2) is 5.43 Å². The van der Waals surface area contributed by atoms with Crippen LogP contribution in [0.25, 0.3) is 0 Å². The summed E-state index contributed by atoms with van der Waals surface area (Å²) in [6, 6.07) is 10.2. The molecule has 1 aromatic carbocycles. The van der Waals surface area contributed by atoms with Gasteiger partial charge in [-0.3, -0.25) is 9.59 Å². The van der Waals surface area contributed by atoms with Crippen LogP contribution in [0.1, 0.15) is 55.1 Å². The van der Waals surface area contributed by atoms with Crippen molar-refractivity contribution in [3.05, 3.63) is 54.0 Å². The molecule has 0 saturated carbocycles. The molecule has 0 spiro atoms. The molecule has 132 valence electrons. The molecule has 0 bridgehead atoms. The molecular formula is C19H23N3O3. The lowest BCUT2D eigenvalue weighted by molar-refractivity contribution is -0.116. The molecule has 1 heterocycles. The Morgan fingerprint density at radius 1 is 1.12 bits per heavy atom. The van der Waals surface area contributed by atoms with Gasteiger partial charge in [-0.15, -0.1) is 0 Å². The lowest BCUT2D eigenvalue weighted by Gasteiger charge is -2.06. The van der Waals surface area contributed by atoms with Crippen molar-refractivity contribution in [2.75, 3.05) is 5.32 Å². The van der Waals surface area contributed by atoms with Crippen LogP contribution in [0.4, 0.5) is 5.69 Å². The maximum atomic E-state index is 12.0. The van der Waals surface area contributed by atoms with E-state index in [4.69, 9.17) is 4.42 Å². The van der Waals surface area contributed by atoms with Gasteiger partial charge in [0.25, 0.3) is 5.91 Å². The highest BCUT2D eigenvalue weighted by Gasteiger charge is 2.06. The highest BCUT2D eigenvalue weighted by molar-refractivity contribution is 5.96. The first kappa shape index (κ1) is 18.4. The van der Waals surface area contributed by atoms with Crippen LogP contribution < -0.4 is 10.7 Å². The molecule has 2 N–H and O–H groups in total. The van der Waals surface area contributed by atoms with Crippen molar-refractivity contribution in [2.45, 2.75) is 39.0 Å². The third-order valence-electron chi connectivity index (χ3n) is 3.59. The number of hydrogen-bond donors (Lipinski definition) is 2. The molecule has 0 saturated heterocycles. The molecule has 0 unspecified atom stereocenters. The summed E-state index contributed by atoms with van der Waals surface area (Å²) < 4.78 is 5.07. The van der Waals surface area contributed by atoms with E-state index in [1.54, 1.807) is 36.4 Å². The Hall–Kier alpha value is -2.89. The van der Waals surface area contributed by atoms with E-state index >= 15 is 0 Å². The Morgan fingerprint density at radius 2 is 1.92 bits per heavy atom. The number of carbonyl (C=O) groups excluding carboxylic acids is 2. The first-order chi connectivity index (χ1) is 12.2. The smallest absolute Gasteiger partial charge is 0.271 e. The molecular weight excluding hydrogens is 318 g/mol. The largest absolute Gasteiger partial charge is 0.463 e. The first-order valence-electron chi connectivity index (χ1n) is 8.46. The SMILES string of the molecule is CCCCCCC(=O)Nc1ccc(C(=O)N/N=C\c2ccco2)cc1. The van der Waals surface area contributed by atoms with Crippen LogP contribution in [0.3, 0.4) is 0 Å². The van der Waals surface area contributed by atoms with Crippen LogP contribution in [-0.2, 0) is 4.79 Å². The van der Waals surface area contributed by atoms with E-state index in [0.717, 1.165) is 25.7 Å². The minimum atomic E-state index is -0.333. The van der Waals surface area contributed by atoms with Crippen molar-refractivity contribution in [1.82, 2.24) is 5.43 Å². The standard InChI is InChI=1S/C19H23N3O3/c1-2-3-4-5-8-18(23)21-16-11-9-15(10-12-16)19(24)22-20-14-17-7-6-13-25-17/h6-7,9-14H,2-5,8H2,1H3,(H,21,23)(H,22,24)/b20-14-. The molecule has 1 aromatic heterocycles. The number of unbranched alkanes of at least 4 members (excludes halogenated alkanes) is 3. The zero-order valence-corrected chi connectivity index (χ0v) is 14.3. The van der Waals surface area contributed by atoms with E-state index in [1.807, 2.05) is 0 Å². The molecule has 0 fully saturated rings. The predicted molar refractivity (Wildman–Crippen MR) is 97.6 cm³/mol. The summed E-state index contributed by atoms with van der Waals surface area (Å²) in [4.78, 5) is 23.8. The maximum Gasteiger partial charge on any atom is 0.271 e. The summed E-state index contributed by atoms with van der Waals surface area (Å²) in [5, 5.41) is 6.66. The fourth-order valence-corrected chi connectivity index (χ4v) is 2.22. The van der Waals surface area contributed by atoms with E-state index in [1.165, 1.54) is 12.5 Å². The number of carbonyl (C=O) groups is 2. The molecule has 0 aliphatic carbocycles. The molecule has 0 aliphatic rings. The Balaban J connectivity index is 1.78. The van der Waals surface area contributed by atoms with Crippen LogP contribution in [0.15, 0.2) is 52.2 Å². The fraction of sp³-hybridized carbons (Fsp3) is 0.316. The maximum absolute atomic E-state index is 12.0. The van der Waals surface area contributed by atoms with Gasteiger partial charge < -0.3 is 9.73 Å². The molecule has 0 radical (unpaired) electrons. The van der Waals surface area contributed by atoms with Crippen molar-refractivity contribution >= 4 is 23.7 Å². The van der Waals surface area contributed by atoms with Crippen molar-refractivity contribution in [3.8, 4) is 0 Å². The van der Waals surface area contributed by atoms with Crippen molar-refractivity contribution in [3.63, 3.8) is 0 Å². The van der Waals surface area contributed by atoms with Crippen LogP contribution in [0.2, 0.25) is 0 Å². The van der Waals surface area contributed by atoms with Crippen molar-refractivity contribution < 1.29 is 14.0 Å². The summed E-state index contributed by atoms with van der Waals surface area (Å²) in [5.74, 6) is 0.217. The summed E-state index contributed by atoms with van der Waals surface area (Å²) in [5.41, 5.74) is 3.55. The van der Waals surface area contributed by atoms with Gasteiger partial charge in [-0.05, 0) is 42.8 Å². The summed E-state index contributed by atoms with van der Waals surface area (Å²) in [7, 11) is 0. The molecule has 2 amide bonds. The van der Waals surface area contributed by atoms with Crippen molar-refractivity contribution in [2.24, 2.45) is 5.10 Å². The minimum Gasteiger partial charge on any atom is -0.463 e. The third kappa shape index (κ3) is 6.63. The van der Waals surface area contributed by atoms with Gasteiger partial charge in [-0.1, -0.05) is 26.2 Å². The van der Waals surface area contributed by atoms with E-state index in [9.17, 15) is 9.59 Å². The zero-order chi connectivity index (χ0) is 17.9. The fourth-order valence-electron chi connectivity index (χ4n) is 2.22. The van der Waals surface area contributed by atoms with E-state index < -0.39 is 0 Å². The zero-order valence-electron chi connectivity index (χ0n) is 14.3. The van der Waals surface area contributed by atoms with Crippen LogP contribution in [0, 0.1) is 0 Å². The monoisotopic (exact) mass is 341 g/mol. The van der Waals surface area contributed by atoms with Gasteiger partial charge in [0.2, 0.25) is 5.91 Å². The highest BCUT2D eigenvalue weighted by atomic mass is 16.3. The van der Waals surface area contributed by atoms with Gasteiger partial charge in [0.05, 0.1) is 12.5 Å². The molecule has 2 rings (SSSR count). The third-order valence-corrected chi connectivity index (χ3v) is 3.59. The number of anilines is 1. The average Bonchev–Trinajstić information content (AvgIpc) is 3.13. The highest BCUT2D eigenvalue weighted by Crippen LogP contribution is 2.11. The van der Waals surface area contributed by atoms with E-state index in [2.05, 4.69) is 22.8 Å².